The zero-order chi connectivity index (χ0) is 20.1. The Morgan fingerprint density at radius 1 is 1.07 bits per heavy atom. The molecule has 1 saturated heterocycles. The van der Waals surface area contributed by atoms with Gasteiger partial charge in [-0.1, -0.05) is 39.0 Å². The number of hydrogen-bond acceptors (Lipinski definition) is 4. The Hall–Kier alpha value is -2.73. The van der Waals surface area contributed by atoms with E-state index in [1.165, 1.54) is 12.4 Å². The summed E-state index contributed by atoms with van der Waals surface area (Å²) in [6, 6.07) is 9.39. The third kappa shape index (κ3) is 4.57. The number of carbonyl (C=O) groups excluding carboxylic acids is 2. The number of benzene rings is 1. The van der Waals surface area contributed by atoms with Gasteiger partial charge in [-0.3, -0.25) is 14.6 Å². The Morgan fingerprint density at radius 2 is 1.75 bits per heavy atom. The Balaban J connectivity index is 1.73. The number of para-hydroxylation sites is 1. The van der Waals surface area contributed by atoms with E-state index in [0.29, 0.717) is 30.1 Å². The quantitative estimate of drug-likeness (QED) is 0.865. The van der Waals surface area contributed by atoms with Crippen LogP contribution in [-0.2, 0) is 0 Å². The third-order valence-corrected chi connectivity index (χ3v) is 5.19. The Bertz CT molecular complexity index is 842. The minimum absolute atomic E-state index is 0.0690. The van der Waals surface area contributed by atoms with Crippen molar-refractivity contribution in [1.82, 2.24) is 14.8 Å². The lowest BCUT2D eigenvalue weighted by Gasteiger charge is -2.34. The minimum Gasteiger partial charge on any atom is -0.336 e. The maximum Gasteiger partial charge on any atom is 0.257 e. The summed E-state index contributed by atoms with van der Waals surface area (Å²) < 4.78 is 0. The molecule has 6 heteroatoms. The summed E-state index contributed by atoms with van der Waals surface area (Å²) >= 11 is 0. The number of hydrogen-bond donors (Lipinski definition) is 1. The molecule has 2 amide bonds. The monoisotopic (exact) mass is 380 g/mol. The van der Waals surface area contributed by atoms with E-state index in [-0.39, 0.29) is 11.8 Å². The lowest BCUT2D eigenvalue weighted by Crippen LogP contribution is -2.48. The average Bonchev–Trinajstić information content (AvgIpc) is 2.73. The second-order valence-electron chi connectivity index (χ2n) is 7.38. The molecule has 1 N–H and O–H groups in total. The first-order valence-electron chi connectivity index (χ1n) is 9.86. The van der Waals surface area contributed by atoms with E-state index in [0.717, 1.165) is 30.9 Å². The highest BCUT2D eigenvalue weighted by Crippen LogP contribution is 2.24. The third-order valence-electron chi connectivity index (χ3n) is 5.19. The van der Waals surface area contributed by atoms with Crippen LogP contribution >= 0.6 is 0 Å². The van der Waals surface area contributed by atoms with Crippen molar-refractivity contribution in [3.05, 3.63) is 59.4 Å². The molecule has 2 aromatic rings. The van der Waals surface area contributed by atoms with Gasteiger partial charge in [-0.05, 0) is 30.2 Å². The lowest BCUT2D eigenvalue weighted by molar-refractivity contribution is 0.0643. The summed E-state index contributed by atoms with van der Waals surface area (Å²) in [5.74, 6) is -0.0316. The van der Waals surface area contributed by atoms with Gasteiger partial charge in [0.15, 0.2) is 0 Å². The molecule has 1 aromatic heterocycles. The Labute approximate surface area is 166 Å². The predicted molar refractivity (Wildman–Crippen MR) is 111 cm³/mol. The molecule has 2 heterocycles. The molecule has 0 radical (unpaired) electrons. The first-order chi connectivity index (χ1) is 13.5. The molecule has 0 unspecified atom stereocenters. The van der Waals surface area contributed by atoms with Gasteiger partial charge < -0.3 is 15.1 Å². The van der Waals surface area contributed by atoms with Crippen LogP contribution in [0.4, 0.5) is 5.69 Å². The van der Waals surface area contributed by atoms with E-state index in [9.17, 15) is 9.59 Å². The number of nitrogens with zero attached hydrogens (tertiary/aromatic N) is 3. The molecule has 0 spiro atoms. The van der Waals surface area contributed by atoms with Crippen molar-refractivity contribution in [3.8, 4) is 0 Å². The van der Waals surface area contributed by atoms with Gasteiger partial charge in [0.25, 0.3) is 11.8 Å². The zero-order valence-corrected chi connectivity index (χ0v) is 16.8. The van der Waals surface area contributed by atoms with Gasteiger partial charge in [0.2, 0.25) is 0 Å². The fraction of sp³-hybridized carbons (Fsp3) is 0.409. The van der Waals surface area contributed by atoms with Crippen LogP contribution in [-0.4, -0.2) is 59.3 Å². The first-order valence-corrected chi connectivity index (χ1v) is 9.86. The molecule has 6 nitrogen and oxygen atoms in total. The maximum absolute atomic E-state index is 12.8. The molecule has 0 bridgehead atoms. The van der Waals surface area contributed by atoms with Crippen molar-refractivity contribution < 1.29 is 9.59 Å². The summed E-state index contributed by atoms with van der Waals surface area (Å²) in [7, 11) is 0. The van der Waals surface area contributed by atoms with Crippen molar-refractivity contribution in [2.45, 2.75) is 26.7 Å². The van der Waals surface area contributed by atoms with Crippen molar-refractivity contribution in [3.63, 3.8) is 0 Å². The Kier molecular flexibility index (Phi) is 6.41. The number of aromatic nitrogens is 1. The highest BCUT2D eigenvalue weighted by molar-refractivity contribution is 6.06. The normalized spacial score (nSPS) is 14.9. The van der Waals surface area contributed by atoms with E-state index in [1.807, 2.05) is 29.2 Å². The summed E-state index contributed by atoms with van der Waals surface area (Å²) in [4.78, 5) is 33.8. The topological polar surface area (TPSA) is 65.5 Å². The second kappa shape index (κ2) is 8.97. The van der Waals surface area contributed by atoms with Gasteiger partial charge in [-0.2, -0.15) is 0 Å². The molecule has 3 rings (SSSR count). The Morgan fingerprint density at radius 3 is 2.43 bits per heavy atom. The zero-order valence-electron chi connectivity index (χ0n) is 16.8. The number of piperazine rings is 1. The van der Waals surface area contributed by atoms with E-state index in [1.54, 1.807) is 6.07 Å². The van der Waals surface area contributed by atoms with Crippen LogP contribution in [0.3, 0.4) is 0 Å². The summed E-state index contributed by atoms with van der Waals surface area (Å²) in [5.41, 5.74) is 2.70. The number of anilines is 1. The van der Waals surface area contributed by atoms with Gasteiger partial charge in [0.1, 0.15) is 0 Å². The molecule has 1 fully saturated rings. The van der Waals surface area contributed by atoms with Crippen molar-refractivity contribution in [2.24, 2.45) is 0 Å². The molecular formula is C22H28N4O2. The van der Waals surface area contributed by atoms with Crippen LogP contribution < -0.4 is 5.32 Å². The molecule has 0 atom stereocenters. The number of likely N-dealkylation sites (N-methyl/N-ethyl adjacent to an activating group) is 1. The predicted octanol–water partition coefficient (Wildman–Crippen LogP) is 3.24. The fourth-order valence-corrected chi connectivity index (χ4v) is 3.44. The molecular weight excluding hydrogens is 352 g/mol. The van der Waals surface area contributed by atoms with E-state index < -0.39 is 0 Å². The fourth-order valence-electron chi connectivity index (χ4n) is 3.44. The minimum atomic E-state index is -0.258. The molecule has 0 aliphatic carbocycles. The SMILES string of the molecule is CCN1CCN(C(=O)c2cncc(C(=O)Nc3ccccc3C(C)C)c2)CC1. The molecule has 1 aliphatic heterocycles. The molecule has 1 aliphatic rings. The summed E-state index contributed by atoms with van der Waals surface area (Å²) in [5, 5.41) is 2.96. The van der Waals surface area contributed by atoms with Gasteiger partial charge in [0.05, 0.1) is 11.1 Å². The van der Waals surface area contributed by atoms with Gasteiger partial charge in [0, 0.05) is 44.3 Å². The molecule has 1 aromatic carbocycles. The van der Waals surface area contributed by atoms with Crippen molar-refractivity contribution >= 4 is 17.5 Å². The van der Waals surface area contributed by atoms with Crippen LogP contribution in [0.25, 0.3) is 0 Å². The smallest absolute Gasteiger partial charge is 0.257 e. The highest BCUT2D eigenvalue weighted by atomic mass is 16.2. The first kappa shape index (κ1) is 20.0. The largest absolute Gasteiger partial charge is 0.336 e. The van der Waals surface area contributed by atoms with Crippen LogP contribution in [0.5, 0.6) is 0 Å². The molecule has 148 valence electrons. The summed E-state index contributed by atoms with van der Waals surface area (Å²) in [6.45, 7) is 10.5. The van der Waals surface area contributed by atoms with Crippen LogP contribution in [0.1, 0.15) is 53.0 Å². The van der Waals surface area contributed by atoms with Gasteiger partial charge in [-0.25, -0.2) is 0 Å². The highest BCUT2D eigenvalue weighted by Gasteiger charge is 2.22. The molecule has 28 heavy (non-hydrogen) atoms. The van der Waals surface area contributed by atoms with E-state index >= 15 is 0 Å². The van der Waals surface area contributed by atoms with Gasteiger partial charge in [-0.15, -0.1) is 0 Å². The number of rotatable bonds is 5. The molecule has 0 saturated carbocycles. The van der Waals surface area contributed by atoms with Crippen LogP contribution in [0.2, 0.25) is 0 Å². The van der Waals surface area contributed by atoms with Crippen molar-refractivity contribution in [1.29, 1.82) is 0 Å². The standard InChI is InChI=1S/C22H28N4O2/c1-4-25-9-11-26(12-10-25)22(28)18-13-17(14-23-15-18)21(27)24-20-8-6-5-7-19(20)16(2)3/h5-8,13-16H,4,9-12H2,1-3H3,(H,24,27). The van der Waals surface area contributed by atoms with E-state index in [4.69, 9.17) is 0 Å². The lowest BCUT2D eigenvalue weighted by atomic mass is 10.0. The van der Waals surface area contributed by atoms with Crippen molar-refractivity contribution in [2.75, 3.05) is 38.0 Å². The average molecular weight is 380 g/mol. The van der Waals surface area contributed by atoms with Gasteiger partial charge >= 0.3 is 0 Å². The summed E-state index contributed by atoms with van der Waals surface area (Å²) in [6.07, 6.45) is 3.03. The van der Waals surface area contributed by atoms with Crippen LogP contribution in [0.15, 0.2) is 42.7 Å². The second-order valence-corrected chi connectivity index (χ2v) is 7.38. The van der Waals surface area contributed by atoms with Crippen LogP contribution in [0, 0.1) is 0 Å². The maximum atomic E-state index is 12.8. The number of pyridine rings is 1. The number of nitrogens with one attached hydrogen (secondary N) is 1. The number of carbonyl (C=O) groups is 2. The van der Waals surface area contributed by atoms with E-state index in [2.05, 4.69) is 36.0 Å². The number of amides is 2.